The average Bonchev–Trinajstić information content (AvgIpc) is 2.50. The highest BCUT2D eigenvalue weighted by Gasteiger charge is 2.56. The summed E-state index contributed by atoms with van der Waals surface area (Å²) in [5.74, 6) is 0. The lowest BCUT2D eigenvalue weighted by Gasteiger charge is -2.41. The minimum absolute atomic E-state index is 0.000452. The summed E-state index contributed by atoms with van der Waals surface area (Å²) in [7, 11) is 1.04. The molecular weight excluding hydrogens is 299 g/mol. The second kappa shape index (κ2) is 7.49. The zero-order valence-corrected chi connectivity index (χ0v) is 12.5. The van der Waals surface area contributed by atoms with Gasteiger partial charge in [-0.15, -0.1) is 0 Å². The Hall–Kier alpha value is -1.76. The number of carbonyl (C=O) groups excluding carboxylic acids is 1. The van der Waals surface area contributed by atoms with E-state index in [1.165, 1.54) is 17.1 Å². The van der Waals surface area contributed by atoms with Crippen molar-refractivity contribution in [3.05, 3.63) is 37.0 Å². The molecule has 1 aliphatic heterocycles. The van der Waals surface area contributed by atoms with Gasteiger partial charge in [0, 0.05) is 33.0 Å². The van der Waals surface area contributed by atoms with Gasteiger partial charge in [0.1, 0.15) is 6.61 Å². The molecule has 124 valence electrons. The highest BCUT2D eigenvalue weighted by Crippen LogP contribution is 2.41. The van der Waals surface area contributed by atoms with Gasteiger partial charge in [-0.25, -0.2) is 4.79 Å². The Balaban J connectivity index is 2.57. The molecule has 0 aliphatic carbocycles. The van der Waals surface area contributed by atoms with Crippen molar-refractivity contribution in [1.29, 1.82) is 0 Å². The smallest absolute Gasteiger partial charge is 0.417 e. The van der Waals surface area contributed by atoms with Crippen LogP contribution >= 0.6 is 0 Å². The first-order chi connectivity index (χ1) is 10.3. The van der Waals surface area contributed by atoms with E-state index in [4.69, 9.17) is 4.74 Å². The lowest BCUT2D eigenvalue weighted by Crippen LogP contribution is -2.55. The number of likely N-dealkylation sites (tertiary alicyclic amines) is 1. The number of halogens is 3. The van der Waals surface area contributed by atoms with Crippen molar-refractivity contribution >= 4 is 6.09 Å². The Labute approximate surface area is 127 Å². The van der Waals surface area contributed by atoms with E-state index in [2.05, 4.69) is 17.9 Å². The van der Waals surface area contributed by atoms with Gasteiger partial charge in [0.25, 0.3) is 0 Å². The minimum atomic E-state index is -4.46. The van der Waals surface area contributed by atoms with E-state index in [1.54, 1.807) is 6.08 Å². The van der Waals surface area contributed by atoms with Gasteiger partial charge < -0.3 is 14.4 Å². The predicted octanol–water partition coefficient (Wildman–Crippen LogP) is 3.46. The van der Waals surface area contributed by atoms with Crippen LogP contribution in [0, 0.1) is 0 Å². The number of amides is 1. The van der Waals surface area contributed by atoms with Gasteiger partial charge in [-0.1, -0.05) is 31.4 Å². The van der Waals surface area contributed by atoms with Crippen molar-refractivity contribution in [1.82, 2.24) is 4.90 Å². The first-order valence-electron chi connectivity index (χ1n) is 6.77. The van der Waals surface area contributed by atoms with Gasteiger partial charge in [-0.2, -0.15) is 13.2 Å². The zero-order chi connectivity index (χ0) is 16.8. The fourth-order valence-corrected chi connectivity index (χ4v) is 2.22. The number of piperidine rings is 1. The van der Waals surface area contributed by atoms with Crippen LogP contribution in [0.5, 0.6) is 0 Å². The van der Waals surface area contributed by atoms with Crippen LogP contribution in [0.2, 0.25) is 0 Å². The first-order valence-corrected chi connectivity index (χ1v) is 6.77. The summed E-state index contributed by atoms with van der Waals surface area (Å²) in [4.78, 5) is 13.1. The van der Waals surface area contributed by atoms with E-state index in [9.17, 15) is 18.0 Å². The molecule has 7 heteroatoms. The van der Waals surface area contributed by atoms with Crippen LogP contribution in [0.25, 0.3) is 0 Å². The molecule has 1 aliphatic rings. The third-order valence-corrected chi connectivity index (χ3v) is 3.69. The molecule has 1 rings (SSSR count). The van der Waals surface area contributed by atoms with E-state index >= 15 is 0 Å². The van der Waals surface area contributed by atoms with Crippen LogP contribution < -0.4 is 0 Å². The number of carbonyl (C=O) groups is 1. The molecule has 0 aromatic rings. The number of rotatable bonds is 5. The van der Waals surface area contributed by atoms with Crippen LogP contribution in [-0.2, 0) is 9.47 Å². The van der Waals surface area contributed by atoms with Crippen LogP contribution in [0.4, 0.5) is 18.0 Å². The molecule has 1 heterocycles. The number of hydrogen-bond donors (Lipinski definition) is 0. The highest BCUT2D eigenvalue weighted by atomic mass is 19.4. The number of alkyl halides is 3. The lowest BCUT2D eigenvalue weighted by atomic mass is 9.90. The van der Waals surface area contributed by atoms with Gasteiger partial charge in [0.05, 0.1) is 0 Å². The van der Waals surface area contributed by atoms with Crippen LogP contribution in [-0.4, -0.2) is 49.6 Å². The summed E-state index contributed by atoms with van der Waals surface area (Å²) in [5.41, 5.74) is -1.53. The Morgan fingerprint density at radius 1 is 1.32 bits per heavy atom. The van der Waals surface area contributed by atoms with Crippen molar-refractivity contribution in [3.8, 4) is 0 Å². The van der Waals surface area contributed by atoms with Crippen LogP contribution in [0.15, 0.2) is 37.0 Å². The van der Waals surface area contributed by atoms with E-state index in [1.807, 2.05) is 0 Å². The SMILES string of the molecule is C=C/C=C(\C=C)COC(=O)N1CCC(OC)(C(F)(F)F)CC1. The normalized spacial score (nSPS) is 18.7. The maximum Gasteiger partial charge on any atom is 0.417 e. The minimum Gasteiger partial charge on any atom is -0.445 e. The largest absolute Gasteiger partial charge is 0.445 e. The molecule has 0 bridgehead atoms. The maximum absolute atomic E-state index is 13.0. The van der Waals surface area contributed by atoms with Gasteiger partial charge in [0.2, 0.25) is 0 Å². The molecule has 1 fully saturated rings. The second-order valence-corrected chi connectivity index (χ2v) is 4.92. The Kier molecular flexibility index (Phi) is 6.22. The summed E-state index contributed by atoms with van der Waals surface area (Å²) >= 11 is 0. The Morgan fingerprint density at radius 3 is 2.32 bits per heavy atom. The summed E-state index contributed by atoms with van der Waals surface area (Å²) < 4.78 is 48.8. The summed E-state index contributed by atoms with van der Waals surface area (Å²) in [6.45, 7) is 6.95. The van der Waals surface area contributed by atoms with Gasteiger partial charge >= 0.3 is 12.3 Å². The molecule has 0 aromatic carbocycles. The number of nitrogens with zero attached hydrogens (tertiary/aromatic N) is 1. The van der Waals surface area contributed by atoms with E-state index in [0.29, 0.717) is 5.57 Å². The fourth-order valence-electron chi connectivity index (χ4n) is 2.22. The monoisotopic (exact) mass is 319 g/mol. The van der Waals surface area contributed by atoms with Crippen molar-refractivity contribution in [3.63, 3.8) is 0 Å². The number of allylic oxidation sites excluding steroid dienone is 2. The highest BCUT2D eigenvalue weighted by molar-refractivity contribution is 5.68. The summed E-state index contributed by atoms with van der Waals surface area (Å²) in [6.07, 6.45) is -1.04. The van der Waals surface area contributed by atoms with Gasteiger partial charge in [0.15, 0.2) is 5.60 Å². The molecule has 0 saturated carbocycles. The number of methoxy groups -OCH3 is 1. The summed E-state index contributed by atoms with van der Waals surface area (Å²) in [5, 5.41) is 0. The number of hydrogen-bond acceptors (Lipinski definition) is 3. The van der Waals surface area contributed by atoms with E-state index in [-0.39, 0.29) is 32.5 Å². The fraction of sp³-hybridized carbons (Fsp3) is 0.533. The molecule has 0 radical (unpaired) electrons. The maximum atomic E-state index is 13.0. The topological polar surface area (TPSA) is 38.8 Å². The first kappa shape index (κ1) is 18.3. The molecule has 4 nitrogen and oxygen atoms in total. The van der Waals surface area contributed by atoms with Crippen molar-refractivity contribution in [2.24, 2.45) is 0 Å². The van der Waals surface area contributed by atoms with Gasteiger partial charge in [-0.05, 0) is 5.57 Å². The molecule has 0 spiro atoms. The molecule has 1 amide bonds. The summed E-state index contributed by atoms with van der Waals surface area (Å²) in [6, 6.07) is 0. The third kappa shape index (κ3) is 4.13. The molecule has 0 unspecified atom stereocenters. The predicted molar refractivity (Wildman–Crippen MR) is 76.4 cm³/mol. The molecule has 22 heavy (non-hydrogen) atoms. The van der Waals surface area contributed by atoms with Crippen LogP contribution in [0.1, 0.15) is 12.8 Å². The molecule has 0 aromatic heterocycles. The van der Waals surface area contributed by atoms with E-state index in [0.717, 1.165) is 7.11 Å². The van der Waals surface area contributed by atoms with Crippen molar-refractivity contribution in [2.45, 2.75) is 24.6 Å². The Morgan fingerprint density at radius 2 is 1.91 bits per heavy atom. The lowest BCUT2D eigenvalue weighted by molar-refractivity contribution is -0.281. The molecule has 1 saturated heterocycles. The standard InChI is InChI=1S/C15H20F3NO3/c1-4-6-12(5-2)11-22-13(20)19-9-7-14(21-3,8-10-19)15(16,17)18/h4-6H,1-2,7-11H2,3H3/b12-6+. The third-order valence-electron chi connectivity index (χ3n) is 3.69. The Bertz CT molecular complexity index is 449. The average molecular weight is 319 g/mol. The molecule has 0 N–H and O–H groups in total. The number of ether oxygens (including phenoxy) is 2. The van der Waals surface area contributed by atoms with Crippen molar-refractivity contribution in [2.75, 3.05) is 26.8 Å². The molecular formula is C15H20F3NO3. The second-order valence-electron chi connectivity index (χ2n) is 4.92. The van der Waals surface area contributed by atoms with Crippen molar-refractivity contribution < 1.29 is 27.4 Å². The van der Waals surface area contributed by atoms with Crippen LogP contribution in [0.3, 0.4) is 0 Å². The molecule has 0 atom stereocenters. The zero-order valence-electron chi connectivity index (χ0n) is 12.5. The van der Waals surface area contributed by atoms with Gasteiger partial charge in [-0.3, -0.25) is 0 Å². The quantitative estimate of drug-likeness (QED) is 0.728. The van der Waals surface area contributed by atoms with E-state index < -0.39 is 17.9 Å².